The van der Waals surface area contributed by atoms with Crippen LogP contribution in [0.3, 0.4) is 0 Å². The van der Waals surface area contributed by atoms with E-state index in [1.807, 2.05) is 43.3 Å². The summed E-state index contributed by atoms with van der Waals surface area (Å²) in [5.41, 5.74) is 2.16. The predicted octanol–water partition coefficient (Wildman–Crippen LogP) is 1.57. The molecular weight excluding hydrogens is 358 g/mol. The highest BCUT2D eigenvalue weighted by atomic mass is 16.5. The molecule has 9 nitrogen and oxygen atoms in total. The van der Waals surface area contributed by atoms with E-state index in [1.54, 1.807) is 6.20 Å². The summed E-state index contributed by atoms with van der Waals surface area (Å²) in [7, 11) is 3.74. The van der Waals surface area contributed by atoms with Crippen molar-refractivity contribution in [2.75, 3.05) is 55.5 Å². The topological polar surface area (TPSA) is 96.4 Å². The second-order valence-corrected chi connectivity index (χ2v) is 6.60. The molecule has 1 amide bonds. The number of amides is 1. The zero-order valence-corrected chi connectivity index (χ0v) is 15.8. The van der Waals surface area contributed by atoms with E-state index in [0.29, 0.717) is 36.2 Å². The lowest BCUT2D eigenvalue weighted by Crippen LogP contribution is -2.37. The van der Waals surface area contributed by atoms with Crippen molar-refractivity contribution in [3.05, 3.63) is 42.4 Å². The first-order valence-electron chi connectivity index (χ1n) is 9.02. The normalized spacial score (nSPS) is 14.1. The number of para-hydroxylation sites is 2. The molecule has 0 unspecified atom stereocenters. The van der Waals surface area contributed by atoms with E-state index in [1.165, 1.54) is 6.20 Å². The van der Waals surface area contributed by atoms with Crippen molar-refractivity contribution >= 4 is 34.4 Å². The molecule has 1 aromatic carbocycles. The molecule has 3 heterocycles. The van der Waals surface area contributed by atoms with Crippen LogP contribution >= 0.6 is 0 Å². The Morgan fingerprint density at radius 3 is 2.57 bits per heavy atom. The third-order valence-corrected chi connectivity index (χ3v) is 4.40. The Bertz CT molecular complexity index is 1000. The monoisotopic (exact) mass is 379 g/mol. The van der Waals surface area contributed by atoms with E-state index in [0.717, 1.165) is 18.6 Å². The first-order chi connectivity index (χ1) is 13.6. The highest BCUT2D eigenvalue weighted by Gasteiger charge is 2.19. The van der Waals surface area contributed by atoms with Crippen molar-refractivity contribution in [2.45, 2.75) is 0 Å². The summed E-state index contributed by atoms with van der Waals surface area (Å²) >= 11 is 0. The van der Waals surface area contributed by atoms with E-state index in [4.69, 9.17) is 4.74 Å². The van der Waals surface area contributed by atoms with Gasteiger partial charge in [-0.05, 0) is 12.1 Å². The molecule has 0 saturated carbocycles. The Balaban J connectivity index is 1.59. The summed E-state index contributed by atoms with van der Waals surface area (Å²) in [6.45, 7) is 2.79. The predicted molar refractivity (Wildman–Crippen MR) is 107 cm³/mol. The fraction of sp³-hybridized carbons (Fsp3) is 0.316. The molecule has 0 atom stereocenters. The van der Waals surface area contributed by atoms with Gasteiger partial charge in [-0.1, -0.05) is 12.1 Å². The summed E-state index contributed by atoms with van der Waals surface area (Å²) in [6, 6.07) is 7.42. The first-order valence-corrected chi connectivity index (χ1v) is 9.02. The summed E-state index contributed by atoms with van der Waals surface area (Å²) in [5, 5.41) is 2.85. The number of fused-ring (bicyclic) bond motifs is 1. The minimum Gasteiger partial charge on any atom is -0.378 e. The quantitative estimate of drug-likeness (QED) is 0.730. The number of carbonyl (C=O) groups is 1. The van der Waals surface area contributed by atoms with Crippen LogP contribution in [0.4, 0.5) is 17.5 Å². The number of carbonyl (C=O) groups excluding carboxylic acids is 1. The van der Waals surface area contributed by atoms with Gasteiger partial charge in [0.2, 0.25) is 5.95 Å². The molecule has 1 aliphatic heterocycles. The molecule has 1 saturated heterocycles. The standard InChI is InChI=1S/C19H21N7O2/c1-25(2)17-15(11-21-19(24-17)26-7-9-28-10-8-26)23-18(27)16-12-20-13-5-3-4-6-14(13)22-16/h3-6,11-12H,7-10H2,1-2H3,(H,23,27). The van der Waals surface area contributed by atoms with Gasteiger partial charge in [-0.15, -0.1) is 0 Å². The van der Waals surface area contributed by atoms with E-state index in [9.17, 15) is 4.79 Å². The second kappa shape index (κ2) is 7.73. The number of nitrogens with one attached hydrogen (secondary N) is 1. The van der Waals surface area contributed by atoms with Crippen molar-refractivity contribution in [1.82, 2.24) is 19.9 Å². The Morgan fingerprint density at radius 2 is 1.82 bits per heavy atom. The number of hydrogen-bond donors (Lipinski definition) is 1. The number of ether oxygens (including phenoxy) is 1. The summed E-state index contributed by atoms with van der Waals surface area (Å²) in [5.74, 6) is 0.887. The molecule has 1 N–H and O–H groups in total. The molecule has 0 spiro atoms. The third-order valence-electron chi connectivity index (χ3n) is 4.40. The van der Waals surface area contributed by atoms with Gasteiger partial charge in [-0.2, -0.15) is 4.98 Å². The highest BCUT2D eigenvalue weighted by molar-refractivity contribution is 6.04. The van der Waals surface area contributed by atoms with Gasteiger partial charge in [-0.3, -0.25) is 9.78 Å². The van der Waals surface area contributed by atoms with Gasteiger partial charge in [0.25, 0.3) is 5.91 Å². The second-order valence-electron chi connectivity index (χ2n) is 6.60. The third kappa shape index (κ3) is 3.70. The lowest BCUT2D eigenvalue weighted by atomic mass is 10.3. The van der Waals surface area contributed by atoms with Crippen LogP contribution in [0.25, 0.3) is 11.0 Å². The molecule has 1 aliphatic rings. The van der Waals surface area contributed by atoms with Crippen molar-refractivity contribution in [2.24, 2.45) is 0 Å². The van der Waals surface area contributed by atoms with E-state index >= 15 is 0 Å². The maximum absolute atomic E-state index is 12.7. The van der Waals surface area contributed by atoms with Crippen LogP contribution < -0.4 is 15.1 Å². The largest absolute Gasteiger partial charge is 0.378 e. The zero-order valence-electron chi connectivity index (χ0n) is 15.8. The average molecular weight is 379 g/mol. The maximum Gasteiger partial charge on any atom is 0.276 e. The lowest BCUT2D eigenvalue weighted by molar-refractivity contribution is 0.102. The van der Waals surface area contributed by atoms with Gasteiger partial charge in [0.1, 0.15) is 11.4 Å². The number of anilines is 3. The smallest absolute Gasteiger partial charge is 0.276 e. The highest BCUT2D eigenvalue weighted by Crippen LogP contribution is 2.24. The van der Waals surface area contributed by atoms with Gasteiger partial charge in [0, 0.05) is 27.2 Å². The number of nitrogens with zero attached hydrogens (tertiary/aromatic N) is 6. The van der Waals surface area contributed by atoms with Gasteiger partial charge < -0.3 is 19.9 Å². The molecule has 9 heteroatoms. The van der Waals surface area contributed by atoms with E-state index in [-0.39, 0.29) is 11.6 Å². The minimum atomic E-state index is -0.357. The fourth-order valence-corrected chi connectivity index (χ4v) is 2.96. The molecular formula is C19H21N7O2. The van der Waals surface area contributed by atoms with Crippen LogP contribution in [-0.2, 0) is 4.74 Å². The molecule has 0 aliphatic carbocycles. The summed E-state index contributed by atoms with van der Waals surface area (Å²) in [4.78, 5) is 34.3. The van der Waals surface area contributed by atoms with Crippen molar-refractivity contribution in [3.63, 3.8) is 0 Å². The molecule has 28 heavy (non-hydrogen) atoms. The Labute approximate surface area is 162 Å². The molecule has 0 radical (unpaired) electrons. The molecule has 3 aromatic rings. The van der Waals surface area contributed by atoms with Crippen LogP contribution in [0.2, 0.25) is 0 Å². The number of hydrogen-bond acceptors (Lipinski definition) is 8. The molecule has 2 aromatic heterocycles. The number of rotatable bonds is 4. The van der Waals surface area contributed by atoms with E-state index < -0.39 is 0 Å². The molecule has 4 rings (SSSR count). The molecule has 144 valence electrons. The van der Waals surface area contributed by atoms with Crippen molar-refractivity contribution in [1.29, 1.82) is 0 Å². The minimum absolute atomic E-state index is 0.237. The van der Waals surface area contributed by atoms with E-state index in [2.05, 4.69) is 30.2 Å². The van der Waals surface area contributed by atoms with Gasteiger partial charge >= 0.3 is 0 Å². The number of morpholine rings is 1. The van der Waals surface area contributed by atoms with Gasteiger partial charge in [0.05, 0.1) is 36.6 Å². The first kappa shape index (κ1) is 18.1. The van der Waals surface area contributed by atoms with Gasteiger partial charge in [-0.25, -0.2) is 9.97 Å². The molecule has 0 bridgehead atoms. The molecule has 1 fully saturated rings. The maximum atomic E-state index is 12.7. The average Bonchev–Trinajstić information content (AvgIpc) is 2.74. The SMILES string of the molecule is CN(C)c1nc(N2CCOCC2)ncc1NC(=O)c1cnc2ccccc2n1. The van der Waals surface area contributed by atoms with Crippen LogP contribution in [-0.4, -0.2) is 66.2 Å². The van der Waals surface area contributed by atoms with Crippen LogP contribution in [0.1, 0.15) is 10.5 Å². The Morgan fingerprint density at radius 1 is 1.07 bits per heavy atom. The Hall–Kier alpha value is -3.33. The number of aromatic nitrogens is 4. The Kier molecular flexibility index (Phi) is 4.98. The van der Waals surface area contributed by atoms with Crippen molar-refractivity contribution in [3.8, 4) is 0 Å². The van der Waals surface area contributed by atoms with Crippen LogP contribution in [0.5, 0.6) is 0 Å². The van der Waals surface area contributed by atoms with Crippen LogP contribution in [0.15, 0.2) is 36.7 Å². The lowest BCUT2D eigenvalue weighted by Gasteiger charge is -2.28. The van der Waals surface area contributed by atoms with Gasteiger partial charge in [0.15, 0.2) is 5.82 Å². The fourth-order valence-electron chi connectivity index (χ4n) is 2.96. The summed E-state index contributed by atoms with van der Waals surface area (Å²) < 4.78 is 5.38. The zero-order chi connectivity index (χ0) is 19.5. The van der Waals surface area contributed by atoms with Crippen LogP contribution in [0, 0.1) is 0 Å². The van der Waals surface area contributed by atoms with Crippen molar-refractivity contribution < 1.29 is 9.53 Å². The number of benzene rings is 1. The summed E-state index contributed by atoms with van der Waals surface area (Å²) in [6.07, 6.45) is 3.09.